The third kappa shape index (κ3) is 3.28. The predicted octanol–water partition coefficient (Wildman–Crippen LogP) is 3.75. The summed E-state index contributed by atoms with van der Waals surface area (Å²) in [5.41, 5.74) is 0.557. The lowest BCUT2D eigenvalue weighted by atomic mass is 10.2. The topological polar surface area (TPSA) is 42.0 Å². The zero-order valence-electron chi connectivity index (χ0n) is 8.65. The molecule has 0 aliphatic carbocycles. The fourth-order valence-electron chi connectivity index (χ4n) is 1.29. The molecular formula is C12H8BrClN2O. The van der Waals surface area contributed by atoms with Crippen LogP contribution in [0.4, 0.5) is 5.82 Å². The van der Waals surface area contributed by atoms with E-state index < -0.39 is 0 Å². The van der Waals surface area contributed by atoms with Gasteiger partial charge in [-0.3, -0.25) is 4.79 Å². The first kappa shape index (κ1) is 12.1. The number of hydrogen-bond acceptors (Lipinski definition) is 2. The highest BCUT2D eigenvalue weighted by Crippen LogP contribution is 2.15. The van der Waals surface area contributed by atoms with Gasteiger partial charge in [0.15, 0.2) is 0 Å². The van der Waals surface area contributed by atoms with Crippen LogP contribution in [0.2, 0.25) is 5.02 Å². The van der Waals surface area contributed by atoms with Crippen LogP contribution in [0.15, 0.2) is 47.1 Å². The van der Waals surface area contributed by atoms with Crippen molar-refractivity contribution >= 4 is 39.3 Å². The zero-order valence-corrected chi connectivity index (χ0v) is 11.0. The van der Waals surface area contributed by atoms with Crippen molar-refractivity contribution in [3.05, 3.63) is 57.7 Å². The van der Waals surface area contributed by atoms with Crippen molar-refractivity contribution in [1.82, 2.24) is 4.98 Å². The van der Waals surface area contributed by atoms with Crippen LogP contribution < -0.4 is 5.32 Å². The van der Waals surface area contributed by atoms with Crippen molar-refractivity contribution < 1.29 is 4.79 Å². The first-order valence-corrected chi connectivity index (χ1v) is 6.01. The summed E-state index contributed by atoms with van der Waals surface area (Å²) in [5.74, 6) is 0.212. The van der Waals surface area contributed by atoms with Gasteiger partial charge in [-0.2, -0.15) is 0 Å². The molecular weight excluding hydrogens is 304 g/mol. The lowest BCUT2D eigenvalue weighted by Gasteiger charge is -2.04. The second kappa shape index (κ2) is 5.29. The standard InChI is InChI=1S/C12H8BrClN2O/c13-9-3-1-2-8(6-9)12(17)16-11-7-10(14)4-5-15-11/h1-7H,(H,15,16,17). The first-order valence-electron chi connectivity index (χ1n) is 4.83. The van der Waals surface area contributed by atoms with Gasteiger partial charge in [0.1, 0.15) is 5.82 Å². The number of hydrogen-bond donors (Lipinski definition) is 1. The average Bonchev–Trinajstić information content (AvgIpc) is 2.29. The van der Waals surface area contributed by atoms with Crippen molar-refractivity contribution in [3.8, 4) is 0 Å². The Labute approximate surface area is 112 Å². The number of carbonyl (C=O) groups excluding carboxylic acids is 1. The first-order chi connectivity index (χ1) is 8.15. The van der Waals surface area contributed by atoms with Crippen LogP contribution in [0.1, 0.15) is 10.4 Å². The van der Waals surface area contributed by atoms with Crippen LogP contribution >= 0.6 is 27.5 Å². The van der Waals surface area contributed by atoms with Crippen molar-refractivity contribution in [3.63, 3.8) is 0 Å². The lowest BCUT2D eigenvalue weighted by Crippen LogP contribution is -2.12. The summed E-state index contributed by atoms with van der Waals surface area (Å²) < 4.78 is 0.851. The number of aromatic nitrogens is 1. The molecule has 3 nitrogen and oxygen atoms in total. The summed E-state index contributed by atoms with van der Waals surface area (Å²) in [6, 6.07) is 10.4. The summed E-state index contributed by atoms with van der Waals surface area (Å²) >= 11 is 9.11. The Morgan fingerprint density at radius 1 is 1.29 bits per heavy atom. The fourth-order valence-corrected chi connectivity index (χ4v) is 1.85. The molecule has 0 unspecified atom stereocenters. The molecule has 0 fully saturated rings. The maximum atomic E-state index is 11.9. The van der Waals surface area contributed by atoms with Crippen LogP contribution in [-0.4, -0.2) is 10.9 Å². The highest BCUT2D eigenvalue weighted by atomic mass is 79.9. The number of rotatable bonds is 2. The molecule has 1 N–H and O–H groups in total. The minimum Gasteiger partial charge on any atom is -0.307 e. The normalized spacial score (nSPS) is 10.0. The Morgan fingerprint density at radius 2 is 2.12 bits per heavy atom. The van der Waals surface area contributed by atoms with E-state index in [1.807, 2.05) is 6.07 Å². The molecule has 0 radical (unpaired) electrons. The molecule has 1 aromatic carbocycles. The summed E-state index contributed by atoms with van der Waals surface area (Å²) in [6.45, 7) is 0. The summed E-state index contributed by atoms with van der Waals surface area (Å²) in [4.78, 5) is 15.9. The Morgan fingerprint density at radius 3 is 2.82 bits per heavy atom. The molecule has 5 heteroatoms. The number of amides is 1. The van der Waals surface area contributed by atoms with Crippen LogP contribution in [0.25, 0.3) is 0 Å². The molecule has 0 bridgehead atoms. The van der Waals surface area contributed by atoms with Crippen molar-refractivity contribution in [2.45, 2.75) is 0 Å². The molecule has 0 aliphatic rings. The number of carbonyl (C=O) groups is 1. The second-order valence-corrected chi connectivity index (χ2v) is 4.68. The minimum atomic E-state index is -0.221. The molecule has 2 aromatic rings. The Balaban J connectivity index is 2.17. The lowest BCUT2D eigenvalue weighted by molar-refractivity contribution is 0.102. The molecule has 0 aliphatic heterocycles. The number of pyridine rings is 1. The van der Waals surface area contributed by atoms with E-state index in [4.69, 9.17) is 11.6 Å². The van der Waals surface area contributed by atoms with Crippen LogP contribution in [-0.2, 0) is 0 Å². The van der Waals surface area contributed by atoms with Crippen LogP contribution in [0.3, 0.4) is 0 Å². The van der Waals surface area contributed by atoms with Crippen LogP contribution in [0, 0.1) is 0 Å². The van der Waals surface area contributed by atoms with Gasteiger partial charge in [-0.25, -0.2) is 4.98 Å². The second-order valence-electron chi connectivity index (χ2n) is 3.32. The maximum Gasteiger partial charge on any atom is 0.256 e. The van der Waals surface area contributed by atoms with E-state index in [2.05, 4.69) is 26.2 Å². The molecule has 0 saturated heterocycles. The van der Waals surface area contributed by atoms with Gasteiger partial charge in [0.25, 0.3) is 5.91 Å². The Bertz CT molecular complexity index is 560. The largest absolute Gasteiger partial charge is 0.307 e. The summed E-state index contributed by atoms with van der Waals surface area (Å²) in [6.07, 6.45) is 1.54. The fraction of sp³-hybridized carbons (Fsp3) is 0. The van der Waals surface area contributed by atoms with E-state index in [1.54, 1.807) is 36.5 Å². The van der Waals surface area contributed by atoms with E-state index in [0.29, 0.717) is 16.4 Å². The quantitative estimate of drug-likeness (QED) is 0.918. The molecule has 0 saturated carbocycles. The SMILES string of the molecule is O=C(Nc1cc(Cl)ccn1)c1cccc(Br)c1. The number of halogens is 2. The zero-order chi connectivity index (χ0) is 12.3. The molecule has 86 valence electrons. The molecule has 0 atom stereocenters. The van der Waals surface area contributed by atoms with Gasteiger partial charge in [0.05, 0.1) is 0 Å². The minimum absolute atomic E-state index is 0.221. The van der Waals surface area contributed by atoms with Gasteiger partial charge in [0, 0.05) is 21.3 Å². The molecule has 0 spiro atoms. The van der Waals surface area contributed by atoms with E-state index in [9.17, 15) is 4.79 Å². The molecule has 2 rings (SSSR count). The molecule has 1 aromatic heterocycles. The maximum absolute atomic E-state index is 11.9. The predicted molar refractivity (Wildman–Crippen MR) is 71.3 cm³/mol. The number of nitrogens with zero attached hydrogens (tertiary/aromatic N) is 1. The van der Waals surface area contributed by atoms with E-state index in [-0.39, 0.29) is 5.91 Å². The number of nitrogens with one attached hydrogen (secondary N) is 1. The van der Waals surface area contributed by atoms with Gasteiger partial charge >= 0.3 is 0 Å². The van der Waals surface area contributed by atoms with Gasteiger partial charge in [-0.1, -0.05) is 33.6 Å². The van der Waals surface area contributed by atoms with Crippen molar-refractivity contribution in [2.24, 2.45) is 0 Å². The molecule has 1 amide bonds. The Kier molecular flexibility index (Phi) is 3.76. The summed E-state index contributed by atoms with van der Waals surface area (Å²) in [7, 11) is 0. The summed E-state index contributed by atoms with van der Waals surface area (Å²) in [5, 5.41) is 3.20. The van der Waals surface area contributed by atoms with E-state index >= 15 is 0 Å². The average molecular weight is 312 g/mol. The third-order valence-corrected chi connectivity index (χ3v) is 2.78. The van der Waals surface area contributed by atoms with Crippen LogP contribution in [0.5, 0.6) is 0 Å². The van der Waals surface area contributed by atoms with E-state index in [1.165, 1.54) is 0 Å². The molecule has 17 heavy (non-hydrogen) atoms. The van der Waals surface area contributed by atoms with Gasteiger partial charge in [-0.05, 0) is 30.3 Å². The molecule has 1 heterocycles. The highest BCUT2D eigenvalue weighted by molar-refractivity contribution is 9.10. The van der Waals surface area contributed by atoms with Gasteiger partial charge in [-0.15, -0.1) is 0 Å². The van der Waals surface area contributed by atoms with Crippen molar-refractivity contribution in [1.29, 1.82) is 0 Å². The number of benzene rings is 1. The number of anilines is 1. The van der Waals surface area contributed by atoms with Gasteiger partial charge in [0.2, 0.25) is 0 Å². The van der Waals surface area contributed by atoms with Crippen molar-refractivity contribution in [2.75, 3.05) is 5.32 Å². The third-order valence-electron chi connectivity index (χ3n) is 2.05. The highest BCUT2D eigenvalue weighted by Gasteiger charge is 2.06. The smallest absolute Gasteiger partial charge is 0.256 e. The van der Waals surface area contributed by atoms with Gasteiger partial charge < -0.3 is 5.32 Å². The monoisotopic (exact) mass is 310 g/mol. The Hall–Kier alpha value is -1.39. The van der Waals surface area contributed by atoms with E-state index in [0.717, 1.165) is 4.47 Å².